The number of carboxylic acids is 1. The Morgan fingerprint density at radius 1 is 1.37 bits per heavy atom. The molecule has 0 aromatic heterocycles. The quantitative estimate of drug-likeness (QED) is 0.747. The Morgan fingerprint density at radius 3 is 2.58 bits per heavy atom. The second-order valence-corrected chi connectivity index (χ2v) is 5.81. The molecule has 0 heterocycles. The number of aliphatic carboxylic acids is 1. The number of allylic oxidation sites excluding steroid dienone is 2. The van der Waals surface area contributed by atoms with E-state index in [9.17, 15) is 14.7 Å². The van der Waals surface area contributed by atoms with Crippen molar-refractivity contribution in [1.82, 2.24) is 0 Å². The molecule has 4 atom stereocenters. The molecule has 0 aromatic rings. The molecule has 0 bridgehead atoms. The molecular weight excluding hydrogens is 244 g/mol. The Hall–Kier alpha value is -1.42. The van der Waals surface area contributed by atoms with Crippen LogP contribution in [0, 0.1) is 17.8 Å². The molecular formula is C15H20O4. The molecule has 2 aliphatic rings. The van der Waals surface area contributed by atoms with Gasteiger partial charge in [-0.25, -0.2) is 4.79 Å². The first-order chi connectivity index (χ1) is 8.82. The number of carbonyl (C=O) groups excluding carboxylic acids is 1. The van der Waals surface area contributed by atoms with Crippen LogP contribution < -0.4 is 0 Å². The predicted octanol–water partition coefficient (Wildman–Crippen LogP) is 1.94. The van der Waals surface area contributed by atoms with E-state index in [1.54, 1.807) is 0 Å². The molecule has 104 valence electrons. The normalized spacial score (nSPS) is 35.0. The van der Waals surface area contributed by atoms with Gasteiger partial charge in [-0.15, -0.1) is 0 Å². The fraction of sp³-hybridized carbons (Fsp3) is 0.600. The van der Waals surface area contributed by atoms with E-state index in [0.29, 0.717) is 19.3 Å². The third kappa shape index (κ3) is 2.37. The zero-order chi connectivity index (χ0) is 14.3. The minimum absolute atomic E-state index is 0.0417. The Labute approximate surface area is 112 Å². The zero-order valence-electron chi connectivity index (χ0n) is 11.3. The number of fused-ring (bicyclic) bond motifs is 1. The van der Waals surface area contributed by atoms with E-state index >= 15 is 0 Å². The average Bonchev–Trinajstić information content (AvgIpc) is 2.54. The fourth-order valence-corrected chi connectivity index (χ4v) is 3.38. The number of Topliss-reactive ketones (excluding diaryl/α,β-unsaturated/α-hetero) is 1. The number of carbonyl (C=O) groups is 2. The van der Waals surface area contributed by atoms with Gasteiger partial charge in [-0.1, -0.05) is 19.1 Å². The molecule has 4 nitrogen and oxygen atoms in total. The zero-order valence-corrected chi connectivity index (χ0v) is 11.3. The van der Waals surface area contributed by atoms with Crippen LogP contribution in [0.3, 0.4) is 0 Å². The van der Waals surface area contributed by atoms with Crippen molar-refractivity contribution in [3.8, 4) is 0 Å². The molecule has 0 aromatic carbocycles. The molecule has 0 spiro atoms. The lowest BCUT2D eigenvalue weighted by molar-refractivity contribution is -0.133. The summed E-state index contributed by atoms with van der Waals surface area (Å²) < 4.78 is 0. The summed E-state index contributed by atoms with van der Waals surface area (Å²) in [4.78, 5) is 22.9. The van der Waals surface area contributed by atoms with Crippen LogP contribution in [-0.2, 0) is 9.59 Å². The largest absolute Gasteiger partial charge is 0.478 e. The van der Waals surface area contributed by atoms with Crippen LogP contribution in [0.4, 0.5) is 0 Å². The third-order valence-electron chi connectivity index (χ3n) is 4.68. The Balaban J connectivity index is 2.37. The highest BCUT2D eigenvalue weighted by Crippen LogP contribution is 2.45. The van der Waals surface area contributed by atoms with E-state index < -0.39 is 18.0 Å². The average molecular weight is 264 g/mol. The van der Waals surface area contributed by atoms with Crippen LogP contribution in [0.25, 0.3) is 0 Å². The van der Waals surface area contributed by atoms with Crippen molar-refractivity contribution in [1.29, 1.82) is 0 Å². The Morgan fingerprint density at radius 2 is 2.00 bits per heavy atom. The topological polar surface area (TPSA) is 74.6 Å². The van der Waals surface area contributed by atoms with Gasteiger partial charge in [0.05, 0.1) is 6.10 Å². The van der Waals surface area contributed by atoms with Crippen LogP contribution in [0.5, 0.6) is 0 Å². The summed E-state index contributed by atoms with van der Waals surface area (Å²) in [6, 6.07) is 0. The maximum absolute atomic E-state index is 11.8. The molecule has 2 aliphatic carbocycles. The maximum Gasteiger partial charge on any atom is 0.331 e. The van der Waals surface area contributed by atoms with Gasteiger partial charge in [-0.2, -0.15) is 0 Å². The van der Waals surface area contributed by atoms with Gasteiger partial charge in [-0.3, -0.25) is 4.79 Å². The smallest absolute Gasteiger partial charge is 0.331 e. The first kappa shape index (κ1) is 14.0. The third-order valence-corrected chi connectivity index (χ3v) is 4.68. The second kappa shape index (κ2) is 4.93. The Bertz CT molecular complexity index is 475. The van der Waals surface area contributed by atoms with Crippen LogP contribution in [-0.4, -0.2) is 28.1 Å². The van der Waals surface area contributed by atoms with Crippen LogP contribution in [0.1, 0.15) is 33.1 Å². The van der Waals surface area contributed by atoms with E-state index in [2.05, 4.69) is 6.58 Å². The minimum Gasteiger partial charge on any atom is -0.478 e. The summed E-state index contributed by atoms with van der Waals surface area (Å²) in [7, 11) is 0. The number of carboxylic acid groups (broad SMARTS) is 1. The molecule has 0 unspecified atom stereocenters. The highest BCUT2D eigenvalue weighted by Gasteiger charge is 2.41. The summed E-state index contributed by atoms with van der Waals surface area (Å²) in [5.41, 5.74) is 1.83. The van der Waals surface area contributed by atoms with Crippen LogP contribution >= 0.6 is 0 Å². The number of aliphatic hydroxyl groups excluding tert-OH is 1. The van der Waals surface area contributed by atoms with E-state index in [1.165, 1.54) is 0 Å². The van der Waals surface area contributed by atoms with Crippen LogP contribution in [0.2, 0.25) is 0 Å². The van der Waals surface area contributed by atoms with Crippen molar-refractivity contribution in [3.05, 3.63) is 23.3 Å². The molecule has 2 N–H and O–H groups in total. The lowest BCUT2D eigenvalue weighted by atomic mass is 9.86. The minimum atomic E-state index is -1.07. The summed E-state index contributed by atoms with van der Waals surface area (Å²) >= 11 is 0. The standard InChI is InChI=1S/C15H20O4/c1-7-4-14(17)12(9(3)15(18)19)5-11-8(2)13(16)6-10(7)11/h7,10,12,14,17H,3-6H2,1-2H3,(H,18,19)/t7-,10-,12+,14-/m1/s1. The summed E-state index contributed by atoms with van der Waals surface area (Å²) in [6.07, 6.45) is 0.769. The van der Waals surface area contributed by atoms with Gasteiger partial charge in [0.25, 0.3) is 0 Å². The SMILES string of the molecule is C=C(C(=O)O)[C@@H]1CC2=C(C)C(=O)C[C@@H]2[C@H](C)C[C@H]1O. The lowest BCUT2D eigenvalue weighted by Gasteiger charge is -2.21. The monoisotopic (exact) mass is 264 g/mol. The first-order valence-corrected chi connectivity index (χ1v) is 6.66. The number of hydrogen-bond acceptors (Lipinski definition) is 3. The van der Waals surface area contributed by atoms with Gasteiger partial charge in [0.2, 0.25) is 0 Å². The fourth-order valence-electron chi connectivity index (χ4n) is 3.38. The lowest BCUT2D eigenvalue weighted by Crippen LogP contribution is -2.25. The van der Waals surface area contributed by atoms with E-state index in [4.69, 9.17) is 5.11 Å². The number of ketones is 1. The Kier molecular flexibility index (Phi) is 3.63. The molecule has 4 heteroatoms. The van der Waals surface area contributed by atoms with Crippen molar-refractivity contribution in [2.24, 2.45) is 17.8 Å². The molecule has 19 heavy (non-hydrogen) atoms. The summed E-state index contributed by atoms with van der Waals surface area (Å²) in [6.45, 7) is 7.41. The highest BCUT2D eigenvalue weighted by molar-refractivity contribution is 5.98. The molecule has 0 saturated heterocycles. The molecule has 1 saturated carbocycles. The molecule has 0 amide bonds. The van der Waals surface area contributed by atoms with Crippen molar-refractivity contribution in [2.45, 2.75) is 39.2 Å². The summed E-state index contributed by atoms with van der Waals surface area (Å²) in [5, 5.41) is 19.3. The van der Waals surface area contributed by atoms with E-state index in [0.717, 1.165) is 11.1 Å². The van der Waals surface area contributed by atoms with Crippen LogP contribution in [0.15, 0.2) is 23.3 Å². The van der Waals surface area contributed by atoms with E-state index in [1.807, 2.05) is 13.8 Å². The predicted molar refractivity (Wildman–Crippen MR) is 70.5 cm³/mol. The van der Waals surface area contributed by atoms with Crippen molar-refractivity contribution >= 4 is 11.8 Å². The highest BCUT2D eigenvalue weighted by atomic mass is 16.4. The van der Waals surface area contributed by atoms with Gasteiger partial charge in [0.15, 0.2) is 5.78 Å². The molecule has 0 aliphatic heterocycles. The maximum atomic E-state index is 11.8. The number of hydrogen-bond donors (Lipinski definition) is 2. The van der Waals surface area contributed by atoms with Gasteiger partial charge < -0.3 is 10.2 Å². The first-order valence-electron chi connectivity index (χ1n) is 6.66. The van der Waals surface area contributed by atoms with Gasteiger partial charge >= 0.3 is 5.97 Å². The number of aliphatic hydroxyl groups is 1. The van der Waals surface area contributed by atoms with Gasteiger partial charge in [0.1, 0.15) is 0 Å². The second-order valence-electron chi connectivity index (χ2n) is 5.81. The molecule has 2 rings (SSSR count). The van der Waals surface area contributed by atoms with E-state index in [-0.39, 0.29) is 23.2 Å². The molecule has 1 fully saturated rings. The van der Waals surface area contributed by atoms with Crippen molar-refractivity contribution in [2.75, 3.05) is 0 Å². The van der Waals surface area contributed by atoms with Crippen molar-refractivity contribution in [3.63, 3.8) is 0 Å². The molecule has 0 radical (unpaired) electrons. The van der Waals surface area contributed by atoms with Gasteiger partial charge in [0, 0.05) is 17.9 Å². The van der Waals surface area contributed by atoms with Gasteiger partial charge in [-0.05, 0) is 37.2 Å². The van der Waals surface area contributed by atoms with Crippen molar-refractivity contribution < 1.29 is 19.8 Å². The summed E-state index contributed by atoms with van der Waals surface area (Å²) in [5.74, 6) is -1.05. The number of rotatable bonds is 2.